The first-order valence-corrected chi connectivity index (χ1v) is 34.6. The summed E-state index contributed by atoms with van der Waals surface area (Å²) in [7, 11) is 110. The predicted octanol–water partition coefficient (Wildman–Crippen LogP) is -0.0478. The maximum Gasteiger partial charge on any atom is 0.113 e. The summed E-state index contributed by atoms with van der Waals surface area (Å²) in [4.78, 5) is 0. The Morgan fingerprint density at radius 3 is 1.21 bits per heavy atom. The molecule has 0 bridgehead atoms. The number of rotatable bonds is 14. The molecule has 8 rings (SSSR count). The Morgan fingerprint density at radius 1 is 0.294 bits per heavy atom. The van der Waals surface area contributed by atoms with Crippen LogP contribution in [-0.4, -0.2) is 195 Å². The van der Waals surface area contributed by atoms with Crippen LogP contribution in [-0.2, 0) is 0 Å². The Kier molecular flexibility index (Phi) is 28.1. The Bertz CT molecular complexity index is 6280. The van der Waals surface area contributed by atoms with Crippen molar-refractivity contribution in [2.45, 2.75) is 96.9 Å². The molecule has 455 valence electrons. The van der Waals surface area contributed by atoms with Gasteiger partial charge in [-0.05, 0) is 314 Å². The van der Waals surface area contributed by atoms with Crippen LogP contribution in [0.25, 0.3) is 76.1 Å². The highest BCUT2D eigenvalue weighted by atomic mass is 14.3. The second kappa shape index (κ2) is 36.2. The summed E-state index contributed by atoms with van der Waals surface area (Å²) in [6.07, 6.45) is 17.7. The summed E-state index contributed by atoms with van der Waals surface area (Å²) in [5, 5.41) is 6.18. The van der Waals surface area contributed by atoms with Crippen molar-refractivity contribution >= 4 is 282 Å². The lowest BCUT2D eigenvalue weighted by Crippen LogP contribution is -2.77. The average molecular weight is 1320 g/mol. The predicted molar refractivity (Wildman–Crippen MR) is 502 cm³/mol. The van der Waals surface area contributed by atoms with Crippen LogP contribution in [0.2, 0.25) is 0 Å². The number of terminal acetylenes is 4. The van der Waals surface area contributed by atoms with Crippen molar-refractivity contribution in [1.82, 2.24) is 0 Å². The van der Waals surface area contributed by atoms with Gasteiger partial charge in [0, 0.05) is 204 Å². The van der Waals surface area contributed by atoms with Crippen LogP contribution >= 0.6 is 0 Å². The summed E-state index contributed by atoms with van der Waals surface area (Å²) in [5.41, 5.74) is 16.6. The van der Waals surface area contributed by atoms with Gasteiger partial charge in [-0.1, -0.05) is 63.4 Å². The molecular formula is C82H46B27. The summed E-state index contributed by atoms with van der Waals surface area (Å²) >= 11 is 0. The summed E-state index contributed by atoms with van der Waals surface area (Å²) in [5.74, 6) is 76.6. The van der Waals surface area contributed by atoms with Crippen molar-refractivity contribution in [2.75, 3.05) is 0 Å². The molecule has 0 N–H and O–H groups in total. The normalized spacial score (nSPS) is 9.63. The number of fused-ring (bicyclic) bond motifs is 6. The van der Waals surface area contributed by atoms with Gasteiger partial charge in [0.2, 0.25) is 0 Å². The number of aryl methyl sites for hydroxylation is 6. The van der Waals surface area contributed by atoms with Crippen molar-refractivity contribution in [1.29, 1.82) is 0 Å². The third kappa shape index (κ3) is 15.2. The zero-order valence-electron chi connectivity index (χ0n) is 63.9. The van der Waals surface area contributed by atoms with E-state index in [4.69, 9.17) is 142 Å². The molecule has 8 aromatic rings. The highest BCUT2D eigenvalue weighted by Crippen LogP contribution is 2.54. The minimum absolute atomic E-state index is 0.0840. The van der Waals surface area contributed by atoms with Crippen LogP contribution in [0, 0.1) is 263 Å². The zero-order valence-corrected chi connectivity index (χ0v) is 63.9. The third-order valence-corrected chi connectivity index (χ3v) is 21.0. The number of hydrogen-bond donors (Lipinski definition) is 0. The average Bonchev–Trinajstić information content (AvgIpc) is 0.681. The molecular weight excluding hydrogens is 1280 g/mol. The van der Waals surface area contributed by atoms with E-state index < -0.39 is 57.9 Å². The van der Waals surface area contributed by atoms with Gasteiger partial charge >= 0.3 is 0 Å². The largest absolute Gasteiger partial charge is 0.115 e. The Balaban J connectivity index is 2.04. The highest BCUT2D eigenvalue weighted by molar-refractivity contribution is 7.89. The van der Waals surface area contributed by atoms with Gasteiger partial charge in [-0.15, -0.1) is 48.0 Å². The fraction of sp³-hybridized carbons (Fsp3) is 0.171. The first-order valence-electron chi connectivity index (χ1n) is 34.6. The van der Waals surface area contributed by atoms with Crippen molar-refractivity contribution in [2.24, 2.45) is 0 Å². The molecule has 0 nitrogen and oxygen atoms in total. The molecule has 109 heavy (non-hydrogen) atoms. The van der Waals surface area contributed by atoms with Gasteiger partial charge in [0.25, 0.3) is 0 Å². The molecule has 0 heterocycles. The second-order valence-corrected chi connectivity index (χ2v) is 26.6. The minimum Gasteiger partial charge on any atom is -0.115 e. The molecule has 8 aromatic carbocycles. The van der Waals surface area contributed by atoms with Gasteiger partial charge in [0.05, 0.1) is 44.3 Å². The number of hydrogen-bond acceptors (Lipinski definition) is 0. The summed E-state index contributed by atoms with van der Waals surface area (Å²) in [6, 6.07) is 0. The highest BCUT2D eigenvalue weighted by Gasteiger charge is 2.42. The molecule has 0 aromatic heterocycles. The molecule has 0 aliphatic carbocycles. The summed E-state index contributed by atoms with van der Waals surface area (Å²) < 4.78 is 0. The molecule has 0 atom stereocenters. The zero-order chi connectivity index (χ0) is 80.6. The lowest BCUT2D eigenvalue weighted by atomic mass is 8.66. The number of benzene rings is 8. The van der Waals surface area contributed by atoms with Gasteiger partial charge in [-0.2, -0.15) is 0 Å². The van der Waals surface area contributed by atoms with E-state index >= 15 is 0 Å². The van der Waals surface area contributed by atoms with Crippen LogP contribution in [0.5, 0.6) is 0 Å². The van der Waals surface area contributed by atoms with Gasteiger partial charge in [0.1, 0.15) is 7.85 Å². The molecule has 0 unspecified atom stereocenters. The van der Waals surface area contributed by atoms with Crippen LogP contribution in [0.15, 0.2) is 0 Å². The first kappa shape index (κ1) is 84.8. The fourth-order valence-electron chi connectivity index (χ4n) is 15.8. The summed E-state index contributed by atoms with van der Waals surface area (Å²) in [6.45, 7) is 23.3. The first-order chi connectivity index (χ1) is 51.9. The molecule has 0 saturated carbocycles. The lowest BCUT2D eigenvalue weighted by molar-refractivity contribution is 1.25. The smallest absolute Gasteiger partial charge is 0.113 e. The quantitative estimate of drug-likeness (QED) is 0.0622. The van der Waals surface area contributed by atoms with Crippen molar-refractivity contribution in [3.63, 3.8) is 0 Å². The van der Waals surface area contributed by atoms with Crippen LogP contribution < -0.4 is 32.8 Å². The van der Waals surface area contributed by atoms with E-state index in [0.717, 1.165) is 77.2 Å². The van der Waals surface area contributed by atoms with Crippen molar-refractivity contribution in [3.8, 4) is 202 Å². The van der Waals surface area contributed by atoms with E-state index in [0.29, 0.717) is 121 Å². The van der Waals surface area contributed by atoms with Crippen molar-refractivity contribution < 1.29 is 0 Å². The Hall–Kier alpha value is -9.79. The van der Waals surface area contributed by atoms with E-state index in [9.17, 15) is 0 Å². The second-order valence-electron chi connectivity index (χ2n) is 26.6. The van der Waals surface area contributed by atoms with Gasteiger partial charge in [-0.3, -0.25) is 0 Å². The molecule has 0 aliphatic rings. The lowest BCUT2D eigenvalue weighted by Gasteiger charge is -2.40. The van der Waals surface area contributed by atoms with Crippen LogP contribution in [0.1, 0.15) is 114 Å². The third-order valence-electron chi connectivity index (χ3n) is 21.0. The van der Waals surface area contributed by atoms with E-state index in [2.05, 4.69) is 209 Å². The Morgan fingerprint density at radius 2 is 0.743 bits per heavy atom. The van der Waals surface area contributed by atoms with Crippen LogP contribution in [0.4, 0.5) is 0 Å². The Labute approximate surface area is 675 Å². The molecule has 0 aliphatic heterocycles. The molecule has 27 heteroatoms. The molecule has 0 amide bonds. The molecule has 33 radical (unpaired) electrons. The van der Waals surface area contributed by atoms with Crippen molar-refractivity contribution in [3.05, 3.63) is 100 Å². The standard InChI is InChI=1S/C82H46B27/c1-19-25-29-31-33-34-36-39-44-62-64-54(16)57(24-6)60(40-23-5)61(41-28-22-4)72(64)70-58(42-37-27-21-3)48(10)49(11)59(43-38-35-32-30-26-20-2)71(70)73(62)66-52(14)47(9)53(15)67-68(66)55(17)63-50(12)45(7)46(8)51(13)65(63)74(67)75-69-56(18)79(102(99-85)105(89)90)82(103(106(91)92)107(93)94)81(104(108(95)96)109(97)100-86)76(69)77(83)78(98-84)80(75)101(87)88/h1-2,4,6H,3,5,7-18H3. The maximum atomic E-state index is 7.85. The van der Waals surface area contributed by atoms with Gasteiger partial charge < -0.3 is 0 Å². The van der Waals surface area contributed by atoms with Gasteiger partial charge in [-0.25, -0.2) is 0 Å². The molecule has 0 saturated heterocycles. The van der Waals surface area contributed by atoms with Crippen LogP contribution in [0.3, 0.4) is 0 Å². The molecule has 0 fully saturated rings. The van der Waals surface area contributed by atoms with E-state index in [1.54, 1.807) is 13.8 Å². The van der Waals surface area contributed by atoms with Gasteiger partial charge in [0.15, 0.2) is 0 Å². The van der Waals surface area contributed by atoms with E-state index in [-0.39, 0.29) is 10.9 Å². The monoisotopic (exact) mass is 1330 g/mol. The minimum atomic E-state index is -1.36. The topological polar surface area (TPSA) is 0 Å². The fourth-order valence-corrected chi connectivity index (χ4v) is 15.8. The van der Waals surface area contributed by atoms with E-state index in [1.807, 2.05) is 27.7 Å². The SMILES string of the molecule is [B][B]B([B])B(B([B])[B])c1c(B(B([B])[B])B([B])[B])c(B([B][B])B([B])[B])c(C)c2c(-c3c4c(C)c(C)c(C)c(C)c4c(C)c4c(-c5c(C#CC#CC#CC#CC#C)c6c(C)c(C#C)c(C#CC)c(C#CC#C)c6c6c(C#CC#CC)c(C)c(C)c(C#CC#CC#CC#C)c56)c(C)c(C)c(C)c34)c(B([B])[B])c([B][B])c([B])c12. The maximum absolute atomic E-state index is 7.85. The molecule has 0 spiro atoms. The van der Waals surface area contributed by atoms with E-state index in [1.165, 1.54) is 21.3 Å².